The molecule has 2 N–H and O–H groups in total. The van der Waals surface area contributed by atoms with Gasteiger partial charge in [0.25, 0.3) is 0 Å². The number of hydrogen-bond donors (Lipinski definition) is 1. The maximum absolute atomic E-state index is 5.79. The third-order valence-electron chi connectivity index (χ3n) is 2.77. The molecule has 2 aromatic carbocycles. The molecule has 0 atom stereocenters. The number of nitrogen functional groups attached to an aromatic ring is 1. The molecule has 0 aromatic heterocycles. The molecule has 3 nitrogen and oxygen atoms in total. The number of methoxy groups -OCH3 is 1. The Morgan fingerprint density at radius 2 is 1.89 bits per heavy atom. The highest BCUT2D eigenvalue weighted by molar-refractivity contribution is 9.10. The zero-order valence-electron chi connectivity index (χ0n) is 10.9. The van der Waals surface area contributed by atoms with E-state index < -0.39 is 0 Å². The molecule has 0 fully saturated rings. The largest absolute Gasteiger partial charge is 0.496 e. The van der Waals surface area contributed by atoms with Crippen molar-refractivity contribution in [3.8, 4) is 11.5 Å². The molecule has 0 aliphatic carbocycles. The van der Waals surface area contributed by atoms with E-state index in [4.69, 9.17) is 15.2 Å². The molecular weight excluding hydrogens is 306 g/mol. The minimum Gasteiger partial charge on any atom is -0.496 e. The highest BCUT2D eigenvalue weighted by Crippen LogP contribution is 2.29. The fraction of sp³-hybridized carbons (Fsp3) is 0.200. The summed E-state index contributed by atoms with van der Waals surface area (Å²) in [5.74, 6) is 1.55. The zero-order chi connectivity index (χ0) is 13.8. The van der Waals surface area contributed by atoms with E-state index in [1.807, 2.05) is 31.2 Å². The van der Waals surface area contributed by atoms with E-state index in [2.05, 4.69) is 22.0 Å². The fourth-order valence-corrected chi connectivity index (χ4v) is 2.17. The molecule has 19 heavy (non-hydrogen) atoms. The minimum atomic E-state index is 0.437. The smallest absolute Gasteiger partial charge is 0.136 e. The lowest BCUT2D eigenvalue weighted by Gasteiger charge is -2.12. The zero-order valence-corrected chi connectivity index (χ0v) is 12.5. The molecule has 0 saturated heterocycles. The van der Waals surface area contributed by atoms with Gasteiger partial charge in [0.15, 0.2) is 0 Å². The molecule has 0 amide bonds. The Balaban J connectivity index is 2.18. The van der Waals surface area contributed by atoms with Crippen LogP contribution < -0.4 is 15.2 Å². The van der Waals surface area contributed by atoms with Crippen molar-refractivity contribution in [3.63, 3.8) is 0 Å². The minimum absolute atomic E-state index is 0.437. The number of rotatable bonds is 4. The summed E-state index contributed by atoms with van der Waals surface area (Å²) in [7, 11) is 1.66. The van der Waals surface area contributed by atoms with E-state index in [1.54, 1.807) is 13.2 Å². The number of halogens is 1. The summed E-state index contributed by atoms with van der Waals surface area (Å²) in [5, 5.41) is 0. The van der Waals surface area contributed by atoms with Crippen LogP contribution in [0.25, 0.3) is 0 Å². The lowest BCUT2D eigenvalue weighted by atomic mass is 10.1. The summed E-state index contributed by atoms with van der Waals surface area (Å²) in [5.41, 5.74) is 8.61. The van der Waals surface area contributed by atoms with Crippen LogP contribution >= 0.6 is 15.9 Å². The summed E-state index contributed by atoms with van der Waals surface area (Å²) in [6.07, 6.45) is 0. The van der Waals surface area contributed by atoms with Gasteiger partial charge in [0.2, 0.25) is 0 Å². The van der Waals surface area contributed by atoms with Crippen molar-refractivity contribution in [2.24, 2.45) is 0 Å². The second-order valence-electron chi connectivity index (χ2n) is 4.29. The van der Waals surface area contributed by atoms with Gasteiger partial charge in [0.05, 0.1) is 11.6 Å². The highest BCUT2D eigenvalue weighted by atomic mass is 79.9. The van der Waals surface area contributed by atoms with Gasteiger partial charge in [0, 0.05) is 17.3 Å². The van der Waals surface area contributed by atoms with Crippen molar-refractivity contribution >= 4 is 21.6 Å². The first-order valence-corrected chi connectivity index (χ1v) is 6.71. The molecule has 2 rings (SSSR count). The van der Waals surface area contributed by atoms with Crippen LogP contribution in [-0.4, -0.2) is 7.11 Å². The van der Waals surface area contributed by atoms with Crippen molar-refractivity contribution in [3.05, 3.63) is 52.0 Å². The Kier molecular flexibility index (Phi) is 4.32. The Labute approximate surface area is 121 Å². The standard InChI is InChI=1S/C15H16BrNO2/c1-10-3-6-14(18-2)11(7-10)9-19-15-8-12(17)4-5-13(15)16/h3-8H,9,17H2,1-2H3. The Hall–Kier alpha value is -1.68. The molecule has 4 heteroatoms. The van der Waals surface area contributed by atoms with Crippen LogP contribution in [0.3, 0.4) is 0 Å². The average molecular weight is 322 g/mol. The van der Waals surface area contributed by atoms with Crippen LogP contribution in [0.15, 0.2) is 40.9 Å². The van der Waals surface area contributed by atoms with Crippen LogP contribution in [0.1, 0.15) is 11.1 Å². The number of anilines is 1. The molecule has 0 unspecified atom stereocenters. The van der Waals surface area contributed by atoms with E-state index >= 15 is 0 Å². The second kappa shape index (κ2) is 5.97. The summed E-state index contributed by atoms with van der Waals surface area (Å²) in [6.45, 7) is 2.48. The molecule has 100 valence electrons. The van der Waals surface area contributed by atoms with Gasteiger partial charge in [-0.1, -0.05) is 11.6 Å². The molecule has 0 saturated carbocycles. The Morgan fingerprint density at radius 3 is 2.63 bits per heavy atom. The summed E-state index contributed by atoms with van der Waals surface area (Å²) in [6, 6.07) is 11.5. The first-order chi connectivity index (χ1) is 9.10. The number of aryl methyl sites for hydroxylation is 1. The topological polar surface area (TPSA) is 44.5 Å². The maximum atomic E-state index is 5.79. The second-order valence-corrected chi connectivity index (χ2v) is 5.15. The number of nitrogens with two attached hydrogens (primary N) is 1. The Bertz CT molecular complexity index is 584. The SMILES string of the molecule is COc1ccc(C)cc1COc1cc(N)ccc1Br. The quantitative estimate of drug-likeness (QED) is 0.868. The monoisotopic (exact) mass is 321 g/mol. The number of benzene rings is 2. The van der Waals surface area contributed by atoms with Gasteiger partial charge in [-0.15, -0.1) is 0 Å². The van der Waals surface area contributed by atoms with Crippen LogP contribution in [0.4, 0.5) is 5.69 Å². The summed E-state index contributed by atoms with van der Waals surface area (Å²) >= 11 is 3.44. The van der Waals surface area contributed by atoms with E-state index in [1.165, 1.54) is 5.56 Å². The van der Waals surface area contributed by atoms with Gasteiger partial charge in [-0.2, -0.15) is 0 Å². The van der Waals surface area contributed by atoms with Gasteiger partial charge >= 0.3 is 0 Å². The lowest BCUT2D eigenvalue weighted by molar-refractivity contribution is 0.295. The maximum Gasteiger partial charge on any atom is 0.136 e. The van der Waals surface area contributed by atoms with Gasteiger partial charge in [-0.05, 0) is 47.1 Å². The van der Waals surface area contributed by atoms with Crippen molar-refractivity contribution in [2.45, 2.75) is 13.5 Å². The molecule has 0 spiro atoms. The van der Waals surface area contributed by atoms with Crippen LogP contribution in [0.2, 0.25) is 0 Å². The average Bonchev–Trinajstić information content (AvgIpc) is 2.40. The Morgan fingerprint density at radius 1 is 1.11 bits per heavy atom. The third-order valence-corrected chi connectivity index (χ3v) is 3.43. The van der Waals surface area contributed by atoms with Gasteiger partial charge in [-0.3, -0.25) is 0 Å². The lowest BCUT2D eigenvalue weighted by Crippen LogP contribution is -2.00. The van der Waals surface area contributed by atoms with E-state index in [0.717, 1.165) is 21.5 Å². The van der Waals surface area contributed by atoms with Crippen molar-refractivity contribution in [1.29, 1.82) is 0 Å². The molecule has 0 radical (unpaired) electrons. The van der Waals surface area contributed by atoms with E-state index in [9.17, 15) is 0 Å². The molecule has 2 aromatic rings. The van der Waals surface area contributed by atoms with Gasteiger partial charge < -0.3 is 15.2 Å². The third kappa shape index (κ3) is 3.41. The molecule has 0 bridgehead atoms. The first kappa shape index (κ1) is 13.7. The van der Waals surface area contributed by atoms with Gasteiger partial charge in [0.1, 0.15) is 18.1 Å². The predicted octanol–water partition coefficient (Wildman–Crippen LogP) is 3.93. The van der Waals surface area contributed by atoms with Crippen LogP contribution in [0.5, 0.6) is 11.5 Å². The first-order valence-electron chi connectivity index (χ1n) is 5.91. The molecule has 0 aliphatic rings. The van der Waals surface area contributed by atoms with Crippen LogP contribution in [-0.2, 0) is 6.61 Å². The van der Waals surface area contributed by atoms with Crippen molar-refractivity contribution < 1.29 is 9.47 Å². The molecule has 0 heterocycles. The normalized spacial score (nSPS) is 10.3. The molecular formula is C15H16BrNO2. The number of ether oxygens (including phenoxy) is 2. The van der Waals surface area contributed by atoms with Crippen molar-refractivity contribution in [2.75, 3.05) is 12.8 Å². The fourth-order valence-electron chi connectivity index (χ4n) is 1.81. The van der Waals surface area contributed by atoms with E-state index in [0.29, 0.717) is 12.3 Å². The van der Waals surface area contributed by atoms with Crippen molar-refractivity contribution in [1.82, 2.24) is 0 Å². The van der Waals surface area contributed by atoms with Gasteiger partial charge in [-0.25, -0.2) is 0 Å². The molecule has 0 aliphatic heterocycles. The summed E-state index contributed by atoms with van der Waals surface area (Å²) < 4.78 is 12.0. The van der Waals surface area contributed by atoms with E-state index in [-0.39, 0.29) is 0 Å². The predicted molar refractivity (Wildman–Crippen MR) is 80.6 cm³/mol. The number of hydrogen-bond acceptors (Lipinski definition) is 3. The highest BCUT2D eigenvalue weighted by Gasteiger charge is 2.06. The summed E-state index contributed by atoms with van der Waals surface area (Å²) in [4.78, 5) is 0. The van der Waals surface area contributed by atoms with Crippen LogP contribution in [0, 0.1) is 6.92 Å².